The molecule has 0 radical (unpaired) electrons. The molecule has 2 atom stereocenters. The van der Waals surface area contributed by atoms with Crippen molar-refractivity contribution in [1.82, 2.24) is 0 Å². The van der Waals surface area contributed by atoms with Gasteiger partial charge >= 0.3 is 18.3 Å². The lowest BCUT2D eigenvalue weighted by atomic mass is 10.0. The topological polar surface area (TPSA) is 37.3 Å². The zero-order valence-corrected chi connectivity index (χ0v) is 7.06. The molecule has 0 spiro atoms. The van der Waals surface area contributed by atoms with Crippen LogP contribution in [0.15, 0.2) is 0 Å². The van der Waals surface area contributed by atoms with Gasteiger partial charge in [-0.25, -0.2) is 0 Å². The Morgan fingerprint density at radius 1 is 1.13 bits per heavy atom. The lowest BCUT2D eigenvalue weighted by Crippen LogP contribution is -2.38. The summed E-state index contributed by atoms with van der Waals surface area (Å²) in [7, 11) is 0. The van der Waals surface area contributed by atoms with Gasteiger partial charge in [0.15, 0.2) is 5.92 Å². The summed E-state index contributed by atoms with van der Waals surface area (Å²) in [5, 5.41) is 8.27. The van der Waals surface area contributed by atoms with E-state index in [1.165, 1.54) is 0 Å². The SMILES string of the molecule is O=C(O)C1CC1C(C(F)(F)F)C(F)(F)F. The molecule has 0 bridgehead atoms. The van der Waals surface area contributed by atoms with E-state index in [4.69, 9.17) is 5.11 Å². The summed E-state index contributed by atoms with van der Waals surface area (Å²) in [4.78, 5) is 10.2. The van der Waals surface area contributed by atoms with Gasteiger partial charge in [-0.3, -0.25) is 4.79 Å². The molecule has 88 valence electrons. The third kappa shape index (κ3) is 2.54. The van der Waals surface area contributed by atoms with E-state index in [1.54, 1.807) is 0 Å². The summed E-state index contributed by atoms with van der Waals surface area (Å²) < 4.78 is 72.2. The van der Waals surface area contributed by atoms with Gasteiger partial charge in [0.05, 0.1) is 5.92 Å². The number of hydrogen-bond donors (Lipinski definition) is 1. The van der Waals surface area contributed by atoms with Crippen LogP contribution >= 0.6 is 0 Å². The molecule has 0 saturated heterocycles. The fraction of sp³-hybridized carbons (Fsp3) is 0.857. The Balaban J connectivity index is 2.83. The largest absolute Gasteiger partial charge is 0.481 e. The highest BCUT2D eigenvalue weighted by Gasteiger charge is 2.67. The number of alkyl halides is 6. The number of aliphatic carboxylic acids is 1. The molecular weight excluding hydrogens is 230 g/mol. The van der Waals surface area contributed by atoms with E-state index in [0.29, 0.717) is 0 Å². The second-order valence-electron chi connectivity index (χ2n) is 3.41. The zero-order valence-electron chi connectivity index (χ0n) is 7.06. The van der Waals surface area contributed by atoms with E-state index in [2.05, 4.69) is 0 Å². The maximum atomic E-state index is 12.0. The smallest absolute Gasteiger partial charge is 0.400 e. The fourth-order valence-corrected chi connectivity index (χ4v) is 1.54. The van der Waals surface area contributed by atoms with Gasteiger partial charge in [-0.05, 0) is 12.3 Å². The highest BCUT2D eigenvalue weighted by molar-refractivity contribution is 5.73. The van der Waals surface area contributed by atoms with E-state index in [9.17, 15) is 31.1 Å². The molecule has 1 aliphatic rings. The highest BCUT2D eigenvalue weighted by atomic mass is 19.4. The van der Waals surface area contributed by atoms with Crippen LogP contribution in [0.25, 0.3) is 0 Å². The van der Waals surface area contributed by atoms with Crippen molar-refractivity contribution in [2.75, 3.05) is 0 Å². The molecule has 0 heterocycles. The minimum absolute atomic E-state index is 0.570. The molecule has 1 aliphatic carbocycles. The van der Waals surface area contributed by atoms with Crippen molar-refractivity contribution < 1.29 is 36.2 Å². The maximum absolute atomic E-state index is 12.0. The van der Waals surface area contributed by atoms with Gasteiger partial charge < -0.3 is 5.11 Å². The molecule has 2 nitrogen and oxygen atoms in total. The number of hydrogen-bond acceptors (Lipinski definition) is 1. The van der Waals surface area contributed by atoms with Gasteiger partial charge in [0.2, 0.25) is 0 Å². The van der Waals surface area contributed by atoms with Gasteiger partial charge in [0, 0.05) is 0 Å². The molecule has 0 amide bonds. The molecule has 0 aromatic rings. The van der Waals surface area contributed by atoms with E-state index in [-0.39, 0.29) is 0 Å². The Labute approximate surface area is 79.9 Å². The molecule has 1 saturated carbocycles. The summed E-state index contributed by atoms with van der Waals surface area (Å²) in [6, 6.07) is 0. The zero-order chi connectivity index (χ0) is 12.0. The first-order valence-corrected chi connectivity index (χ1v) is 3.91. The average molecular weight is 236 g/mol. The lowest BCUT2D eigenvalue weighted by Gasteiger charge is -2.22. The Hall–Kier alpha value is -0.950. The Morgan fingerprint density at radius 2 is 1.53 bits per heavy atom. The molecule has 0 aromatic heterocycles. The first kappa shape index (κ1) is 12.1. The molecule has 0 aromatic carbocycles. The predicted molar refractivity (Wildman–Crippen MR) is 34.8 cm³/mol. The second kappa shape index (κ2) is 3.28. The van der Waals surface area contributed by atoms with Crippen molar-refractivity contribution >= 4 is 5.97 Å². The summed E-state index contributed by atoms with van der Waals surface area (Å²) in [5.74, 6) is -8.54. The third-order valence-electron chi connectivity index (χ3n) is 2.29. The minimum atomic E-state index is -5.44. The van der Waals surface area contributed by atoms with E-state index in [0.717, 1.165) is 0 Å². The van der Waals surface area contributed by atoms with Gasteiger partial charge in [-0.2, -0.15) is 26.3 Å². The monoisotopic (exact) mass is 236 g/mol. The number of carboxylic acids is 1. The van der Waals surface area contributed by atoms with Crippen LogP contribution in [-0.2, 0) is 4.79 Å². The number of rotatable bonds is 2. The van der Waals surface area contributed by atoms with Crippen molar-refractivity contribution in [2.24, 2.45) is 17.8 Å². The Bertz CT molecular complexity index is 254. The molecule has 1 N–H and O–H groups in total. The van der Waals surface area contributed by atoms with Gasteiger partial charge in [-0.1, -0.05) is 0 Å². The van der Waals surface area contributed by atoms with Crippen LogP contribution in [0.5, 0.6) is 0 Å². The van der Waals surface area contributed by atoms with Gasteiger partial charge in [0.1, 0.15) is 0 Å². The van der Waals surface area contributed by atoms with Crippen LogP contribution in [-0.4, -0.2) is 23.4 Å². The Morgan fingerprint density at radius 3 is 1.73 bits per heavy atom. The minimum Gasteiger partial charge on any atom is -0.481 e. The number of carbonyl (C=O) groups is 1. The molecule has 2 unspecified atom stereocenters. The summed E-state index contributed by atoms with van der Waals surface area (Å²) in [6.07, 6.45) is -11.4. The van der Waals surface area contributed by atoms with Crippen LogP contribution in [0.1, 0.15) is 6.42 Å². The van der Waals surface area contributed by atoms with Gasteiger partial charge in [0.25, 0.3) is 0 Å². The first-order valence-electron chi connectivity index (χ1n) is 3.91. The van der Waals surface area contributed by atoms with Crippen LogP contribution in [0.4, 0.5) is 26.3 Å². The maximum Gasteiger partial charge on any atom is 0.400 e. The molecule has 0 aliphatic heterocycles. The van der Waals surface area contributed by atoms with Crippen molar-refractivity contribution in [3.63, 3.8) is 0 Å². The van der Waals surface area contributed by atoms with Gasteiger partial charge in [-0.15, -0.1) is 0 Å². The van der Waals surface area contributed by atoms with Crippen molar-refractivity contribution in [3.8, 4) is 0 Å². The van der Waals surface area contributed by atoms with Crippen molar-refractivity contribution in [2.45, 2.75) is 18.8 Å². The Kier molecular flexibility index (Phi) is 2.65. The van der Waals surface area contributed by atoms with Crippen LogP contribution in [0.2, 0.25) is 0 Å². The molecular formula is C7H6F6O2. The molecule has 15 heavy (non-hydrogen) atoms. The van der Waals surface area contributed by atoms with Crippen molar-refractivity contribution in [3.05, 3.63) is 0 Å². The normalized spacial score (nSPS) is 26.9. The molecule has 1 fully saturated rings. The molecule has 8 heteroatoms. The lowest BCUT2D eigenvalue weighted by molar-refractivity contribution is -0.291. The average Bonchev–Trinajstić information content (AvgIpc) is 2.59. The van der Waals surface area contributed by atoms with Crippen molar-refractivity contribution in [1.29, 1.82) is 0 Å². The third-order valence-corrected chi connectivity index (χ3v) is 2.29. The van der Waals surface area contributed by atoms with E-state index in [1.807, 2.05) is 0 Å². The van der Waals surface area contributed by atoms with Crippen LogP contribution in [0, 0.1) is 17.8 Å². The highest BCUT2D eigenvalue weighted by Crippen LogP contribution is 2.55. The second-order valence-corrected chi connectivity index (χ2v) is 3.41. The number of carboxylic acid groups (broad SMARTS) is 1. The summed E-state index contributed by atoms with van der Waals surface area (Å²) in [5.41, 5.74) is 0. The standard InChI is InChI=1S/C7H6F6O2/c8-6(9,10)4(7(11,12)13)2-1-3(2)5(14)15/h2-4H,1H2,(H,14,15). The number of halogens is 6. The first-order chi connectivity index (χ1) is 6.55. The predicted octanol–water partition coefficient (Wildman–Crippen LogP) is 2.45. The summed E-state index contributed by atoms with van der Waals surface area (Å²) >= 11 is 0. The summed E-state index contributed by atoms with van der Waals surface area (Å²) in [6.45, 7) is 0. The fourth-order valence-electron chi connectivity index (χ4n) is 1.54. The quantitative estimate of drug-likeness (QED) is 0.747. The van der Waals surface area contributed by atoms with Crippen LogP contribution in [0.3, 0.4) is 0 Å². The van der Waals surface area contributed by atoms with E-state index < -0.39 is 42.5 Å². The van der Waals surface area contributed by atoms with E-state index >= 15 is 0 Å². The van der Waals surface area contributed by atoms with Crippen LogP contribution < -0.4 is 0 Å². The molecule has 1 rings (SSSR count).